The van der Waals surface area contributed by atoms with Crippen LogP contribution in [0.15, 0.2) is 65.7 Å². The SMILES string of the molecule is O=S(=O)(NCc1ccccn1)c1cccc2c(O)cccc12. The van der Waals surface area contributed by atoms with E-state index in [0.717, 1.165) is 0 Å². The number of benzene rings is 2. The molecule has 3 aromatic rings. The van der Waals surface area contributed by atoms with Crippen molar-refractivity contribution in [2.75, 3.05) is 0 Å². The number of phenolic OH excluding ortho intramolecular Hbond substituents is 1. The molecule has 2 N–H and O–H groups in total. The smallest absolute Gasteiger partial charge is 0.241 e. The molecular formula is C16H14N2O3S. The van der Waals surface area contributed by atoms with E-state index in [0.29, 0.717) is 16.5 Å². The topological polar surface area (TPSA) is 79.3 Å². The predicted molar refractivity (Wildman–Crippen MR) is 83.9 cm³/mol. The van der Waals surface area contributed by atoms with Crippen molar-refractivity contribution in [1.29, 1.82) is 0 Å². The minimum atomic E-state index is -3.70. The van der Waals surface area contributed by atoms with Crippen molar-refractivity contribution in [2.24, 2.45) is 0 Å². The van der Waals surface area contributed by atoms with Crippen molar-refractivity contribution in [3.8, 4) is 5.75 Å². The van der Waals surface area contributed by atoms with Gasteiger partial charge in [-0.15, -0.1) is 0 Å². The van der Waals surface area contributed by atoms with Crippen molar-refractivity contribution in [1.82, 2.24) is 9.71 Å². The van der Waals surface area contributed by atoms with E-state index >= 15 is 0 Å². The van der Waals surface area contributed by atoms with Gasteiger partial charge in [-0.3, -0.25) is 4.98 Å². The molecule has 22 heavy (non-hydrogen) atoms. The lowest BCUT2D eigenvalue weighted by atomic mass is 10.1. The zero-order valence-electron chi connectivity index (χ0n) is 11.6. The highest BCUT2D eigenvalue weighted by Gasteiger charge is 2.17. The quantitative estimate of drug-likeness (QED) is 0.775. The van der Waals surface area contributed by atoms with E-state index < -0.39 is 10.0 Å². The molecular weight excluding hydrogens is 300 g/mol. The number of aromatic hydroxyl groups is 1. The van der Waals surface area contributed by atoms with Gasteiger partial charge in [0, 0.05) is 17.0 Å². The van der Waals surface area contributed by atoms with Crippen molar-refractivity contribution in [3.63, 3.8) is 0 Å². The summed E-state index contributed by atoms with van der Waals surface area (Å²) in [5, 5.41) is 10.8. The van der Waals surface area contributed by atoms with Gasteiger partial charge < -0.3 is 5.11 Å². The van der Waals surface area contributed by atoms with Crippen LogP contribution in [0.1, 0.15) is 5.69 Å². The summed E-state index contributed by atoms with van der Waals surface area (Å²) in [6.45, 7) is 0.110. The summed E-state index contributed by atoms with van der Waals surface area (Å²) in [4.78, 5) is 4.22. The molecule has 0 fully saturated rings. The molecule has 0 aliphatic heterocycles. The Bertz CT molecular complexity index is 909. The molecule has 3 rings (SSSR count). The van der Waals surface area contributed by atoms with Crippen LogP contribution in [-0.4, -0.2) is 18.5 Å². The maximum atomic E-state index is 12.5. The number of phenols is 1. The average molecular weight is 314 g/mol. The van der Waals surface area contributed by atoms with Crippen LogP contribution in [0.25, 0.3) is 10.8 Å². The highest BCUT2D eigenvalue weighted by molar-refractivity contribution is 7.89. The van der Waals surface area contributed by atoms with Gasteiger partial charge in [-0.05, 0) is 24.3 Å². The first kappa shape index (κ1) is 14.5. The normalized spacial score (nSPS) is 11.6. The third-order valence-corrected chi connectivity index (χ3v) is 4.78. The van der Waals surface area contributed by atoms with Crippen LogP contribution in [0.2, 0.25) is 0 Å². The molecule has 1 aromatic heterocycles. The average Bonchev–Trinajstić information content (AvgIpc) is 2.54. The van der Waals surface area contributed by atoms with Crippen LogP contribution in [0, 0.1) is 0 Å². The van der Waals surface area contributed by atoms with Gasteiger partial charge in [0.15, 0.2) is 0 Å². The van der Waals surface area contributed by atoms with Gasteiger partial charge in [-0.25, -0.2) is 13.1 Å². The molecule has 0 radical (unpaired) electrons. The summed E-state index contributed by atoms with van der Waals surface area (Å²) >= 11 is 0. The fourth-order valence-electron chi connectivity index (χ4n) is 2.25. The number of rotatable bonds is 4. The van der Waals surface area contributed by atoms with E-state index in [1.54, 1.807) is 48.7 Å². The van der Waals surface area contributed by atoms with E-state index in [1.807, 2.05) is 0 Å². The molecule has 0 spiro atoms. The fraction of sp³-hybridized carbons (Fsp3) is 0.0625. The first-order valence-electron chi connectivity index (χ1n) is 6.68. The Balaban J connectivity index is 1.97. The van der Waals surface area contributed by atoms with Gasteiger partial charge in [0.25, 0.3) is 0 Å². The maximum absolute atomic E-state index is 12.5. The molecule has 0 amide bonds. The molecule has 0 atom stereocenters. The Morgan fingerprint density at radius 3 is 2.50 bits per heavy atom. The molecule has 0 unspecified atom stereocenters. The molecule has 112 valence electrons. The molecule has 0 bridgehead atoms. The third kappa shape index (κ3) is 2.79. The summed E-state index contributed by atoms with van der Waals surface area (Å²) in [7, 11) is -3.70. The minimum absolute atomic E-state index is 0.0549. The standard InChI is InChI=1S/C16H14N2O3S/c19-15-8-3-7-14-13(15)6-4-9-16(14)22(20,21)18-11-12-5-1-2-10-17-12/h1-10,18-19H,11H2. The number of pyridine rings is 1. The second-order valence-corrected chi connectivity index (χ2v) is 6.51. The highest BCUT2D eigenvalue weighted by atomic mass is 32.2. The summed E-state index contributed by atoms with van der Waals surface area (Å²) in [5.41, 5.74) is 0.633. The van der Waals surface area contributed by atoms with Crippen LogP contribution in [0.5, 0.6) is 5.75 Å². The Hall–Kier alpha value is -2.44. The lowest BCUT2D eigenvalue weighted by Gasteiger charge is -2.10. The summed E-state index contributed by atoms with van der Waals surface area (Å²) < 4.78 is 27.6. The molecule has 0 aliphatic carbocycles. The van der Waals surface area contributed by atoms with E-state index in [4.69, 9.17) is 0 Å². The lowest BCUT2D eigenvalue weighted by Crippen LogP contribution is -2.23. The van der Waals surface area contributed by atoms with E-state index in [9.17, 15) is 13.5 Å². The number of fused-ring (bicyclic) bond motifs is 1. The predicted octanol–water partition coefficient (Wildman–Crippen LogP) is 2.42. The molecule has 0 aliphatic rings. The van der Waals surface area contributed by atoms with E-state index in [1.165, 1.54) is 12.1 Å². The monoisotopic (exact) mass is 314 g/mol. The largest absolute Gasteiger partial charge is 0.507 e. The Morgan fingerprint density at radius 1 is 0.955 bits per heavy atom. The van der Waals surface area contributed by atoms with Gasteiger partial charge in [0.1, 0.15) is 5.75 Å². The number of hydrogen-bond acceptors (Lipinski definition) is 4. The second kappa shape index (κ2) is 5.75. The van der Waals surface area contributed by atoms with Gasteiger partial charge in [-0.1, -0.05) is 30.3 Å². The first-order valence-corrected chi connectivity index (χ1v) is 8.16. The van der Waals surface area contributed by atoms with Gasteiger partial charge in [0.05, 0.1) is 17.1 Å². The van der Waals surface area contributed by atoms with Crippen molar-refractivity contribution in [3.05, 3.63) is 66.5 Å². The number of sulfonamides is 1. The highest BCUT2D eigenvalue weighted by Crippen LogP contribution is 2.29. The van der Waals surface area contributed by atoms with Crippen molar-refractivity contribution < 1.29 is 13.5 Å². The van der Waals surface area contributed by atoms with Crippen LogP contribution in [-0.2, 0) is 16.6 Å². The molecule has 6 heteroatoms. The summed E-state index contributed by atoms with van der Waals surface area (Å²) in [5.74, 6) is 0.0549. The number of nitrogens with zero attached hydrogens (tertiary/aromatic N) is 1. The summed E-state index contributed by atoms with van der Waals surface area (Å²) in [6.07, 6.45) is 1.61. The van der Waals surface area contributed by atoms with Crippen LogP contribution in [0.3, 0.4) is 0 Å². The van der Waals surface area contributed by atoms with Crippen LogP contribution >= 0.6 is 0 Å². The van der Waals surface area contributed by atoms with Crippen molar-refractivity contribution >= 4 is 20.8 Å². The van der Waals surface area contributed by atoms with Crippen LogP contribution < -0.4 is 4.72 Å². The van der Waals surface area contributed by atoms with Gasteiger partial charge in [-0.2, -0.15) is 0 Å². The first-order chi connectivity index (χ1) is 10.6. The molecule has 2 aromatic carbocycles. The summed E-state index contributed by atoms with van der Waals surface area (Å²) in [6, 6.07) is 14.9. The zero-order chi connectivity index (χ0) is 15.6. The third-order valence-electron chi connectivity index (χ3n) is 3.32. The van der Waals surface area contributed by atoms with Gasteiger partial charge >= 0.3 is 0 Å². The molecule has 0 saturated carbocycles. The van der Waals surface area contributed by atoms with Crippen LogP contribution in [0.4, 0.5) is 0 Å². The number of hydrogen-bond donors (Lipinski definition) is 2. The number of aromatic nitrogens is 1. The van der Waals surface area contributed by atoms with E-state index in [-0.39, 0.29) is 17.2 Å². The molecule has 1 heterocycles. The van der Waals surface area contributed by atoms with Crippen molar-refractivity contribution in [2.45, 2.75) is 11.4 Å². The molecule has 5 nitrogen and oxygen atoms in total. The van der Waals surface area contributed by atoms with E-state index in [2.05, 4.69) is 9.71 Å². The second-order valence-electron chi connectivity index (χ2n) is 4.77. The maximum Gasteiger partial charge on any atom is 0.241 e. The lowest BCUT2D eigenvalue weighted by molar-refractivity contribution is 0.481. The molecule has 0 saturated heterocycles. The van der Waals surface area contributed by atoms with Gasteiger partial charge in [0.2, 0.25) is 10.0 Å². The Labute approximate surface area is 128 Å². The number of nitrogens with one attached hydrogen (secondary N) is 1. The Kier molecular flexibility index (Phi) is 3.79. The minimum Gasteiger partial charge on any atom is -0.507 e. The zero-order valence-corrected chi connectivity index (χ0v) is 12.4. The Morgan fingerprint density at radius 2 is 1.73 bits per heavy atom. The fourth-order valence-corrected chi connectivity index (χ4v) is 3.47.